The molecule has 1 unspecified atom stereocenters. The van der Waals surface area contributed by atoms with Gasteiger partial charge in [0.25, 0.3) is 0 Å². The molecule has 100 valence electrons. The van der Waals surface area contributed by atoms with Crippen molar-refractivity contribution >= 4 is 16.5 Å². The fraction of sp³-hybridized carbons (Fsp3) is 0.0769. The molecule has 0 bridgehead atoms. The van der Waals surface area contributed by atoms with Gasteiger partial charge in [0, 0.05) is 10.6 Å². The first-order chi connectivity index (χ1) is 8.95. The summed E-state index contributed by atoms with van der Waals surface area (Å²) in [5, 5.41) is 0. The summed E-state index contributed by atoms with van der Waals surface area (Å²) in [6, 6.07) is 6.84. The predicted molar refractivity (Wildman–Crippen MR) is 67.3 cm³/mol. The van der Waals surface area contributed by atoms with Gasteiger partial charge < -0.3 is 5.73 Å². The maximum atomic E-state index is 13.1. The lowest BCUT2D eigenvalue weighted by Gasteiger charge is -2.05. The van der Waals surface area contributed by atoms with E-state index >= 15 is 0 Å². The maximum Gasteiger partial charge on any atom is 0.160 e. The number of nitrogen functional groups attached to an aromatic ring is 1. The minimum Gasteiger partial charge on any atom is -0.399 e. The molecule has 0 saturated carbocycles. The number of halogens is 3. The summed E-state index contributed by atoms with van der Waals surface area (Å²) in [5.41, 5.74) is 6.12. The first-order valence-electron chi connectivity index (χ1n) is 5.34. The number of benzene rings is 2. The predicted octanol–water partition coefficient (Wildman–Crippen LogP) is 2.99. The van der Waals surface area contributed by atoms with Crippen LogP contribution in [0.3, 0.4) is 0 Å². The van der Waals surface area contributed by atoms with Crippen molar-refractivity contribution in [3.8, 4) is 0 Å². The van der Waals surface area contributed by atoms with Gasteiger partial charge in [-0.15, -0.1) is 0 Å². The molecule has 19 heavy (non-hydrogen) atoms. The van der Waals surface area contributed by atoms with Crippen molar-refractivity contribution in [3.63, 3.8) is 0 Å². The van der Waals surface area contributed by atoms with Gasteiger partial charge in [-0.25, -0.2) is 13.2 Å². The molecule has 1 atom stereocenters. The van der Waals surface area contributed by atoms with Crippen molar-refractivity contribution in [3.05, 3.63) is 59.4 Å². The van der Waals surface area contributed by atoms with Crippen LogP contribution in [0, 0.1) is 17.5 Å². The van der Waals surface area contributed by atoms with Crippen LogP contribution in [0.15, 0.2) is 41.3 Å². The van der Waals surface area contributed by atoms with E-state index in [1.807, 2.05) is 0 Å². The summed E-state index contributed by atoms with van der Waals surface area (Å²) in [5.74, 6) is -2.62. The van der Waals surface area contributed by atoms with Crippen molar-refractivity contribution in [2.24, 2.45) is 0 Å². The van der Waals surface area contributed by atoms with E-state index in [1.165, 1.54) is 18.2 Å². The molecule has 0 heterocycles. The molecule has 0 aromatic heterocycles. The summed E-state index contributed by atoms with van der Waals surface area (Å²) in [4.78, 5) is 0.140. The third kappa shape index (κ3) is 3.35. The molecule has 0 aliphatic heterocycles. The van der Waals surface area contributed by atoms with E-state index in [1.54, 1.807) is 0 Å². The van der Waals surface area contributed by atoms with E-state index in [9.17, 15) is 17.4 Å². The molecule has 2 nitrogen and oxygen atoms in total. The van der Waals surface area contributed by atoms with E-state index in [0.717, 1.165) is 18.2 Å². The summed E-state index contributed by atoms with van der Waals surface area (Å²) in [7, 11) is -1.60. The second kappa shape index (κ2) is 5.44. The number of nitrogens with two attached hydrogens (primary N) is 1. The zero-order valence-electron chi connectivity index (χ0n) is 9.70. The molecule has 0 spiro atoms. The van der Waals surface area contributed by atoms with Gasteiger partial charge >= 0.3 is 0 Å². The maximum absolute atomic E-state index is 13.1. The second-order valence-corrected chi connectivity index (χ2v) is 5.41. The fourth-order valence-electron chi connectivity index (χ4n) is 1.61. The topological polar surface area (TPSA) is 43.1 Å². The van der Waals surface area contributed by atoms with E-state index in [4.69, 9.17) is 5.73 Å². The highest BCUT2D eigenvalue weighted by molar-refractivity contribution is 7.84. The van der Waals surface area contributed by atoms with E-state index < -0.39 is 28.3 Å². The number of hydrogen-bond acceptors (Lipinski definition) is 2. The standard InChI is InChI=1S/C13H10F3NOS/c14-9-3-8(4-10(17)5-9)7-19(18)11-1-2-12(15)13(16)6-11/h1-6H,7,17H2. The highest BCUT2D eigenvalue weighted by atomic mass is 32.2. The number of anilines is 1. The lowest BCUT2D eigenvalue weighted by Crippen LogP contribution is -2.00. The molecular formula is C13H10F3NOS. The highest BCUT2D eigenvalue weighted by Gasteiger charge is 2.10. The normalized spacial score (nSPS) is 12.4. The largest absolute Gasteiger partial charge is 0.399 e. The summed E-state index contributed by atoms with van der Waals surface area (Å²) >= 11 is 0. The molecule has 0 aliphatic carbocycles. The Morgan fingerprint density at radius 3 is 2.37 bits per heavy atom. The lowest BCUT2D eigenvalue weighted by atomic mass is 10.2. The summed E-state index contributed by atoms with van der Waals surface area (Å²) < 4.78 is 50.8. The summed E-state index contributed by atoms with van der Waals surface area (Å²) in [6.07, 6.45) is 0. The zero-order chi connectivity index (χ0) is 14.0. The van der Waals surface area contributed by atoms with Gasteiger partial charge in [-0.2, -0.15) is 0 Å². The number of hydrogen-bond donors (Lipinski definition) is 1. The Kier molecular flexibility index (Phi) is 3.90. The van der Waals surface area contributed by atoms with Crippen LogP contribution in [0.5, 0.6) is 0 Å². The van der Waals surface area contributed by atoms with E-state index in [0.29, 0.717) is 5.56 Å². The quantitative estimate of drug-likeness (QED) is 0.881. The van der Waals surface area contributed by atoms with Crippen LogP contribution in [-0.4, -0.2) is 4.21 Å². The molecule has 0 fully saturated rings. The third-order valence-electron chi connectivity index (χ3n) is 2.43. The molecule has 0 radical (unpaired) electrons. The van der Waals surface area contributed by atoms with Crippen molar-refractivity contribution in [1.82, 2.24) is 0 Å². The van der Waals surface area contributed by atoms with Gasteiger partial charge in [-0.1, -0.05) is 0 Å². The van der Waals surface area contributed by atoms with Gasteiger partial charge in [-0.3, -0.25) is 4.21 Å². The van der Waals surface area contributed by atoms with Gasteiger partial charge in [0.1, 0.15) is 5.82 Å². The van der Waals surface area contributed by atoms with Crippen LogP contribution in [0.25, 0.3) is 0 Å². The molecule has 2 aromatic carbocycles. The SMILES string of the molecule is Nc1cc(F)cc(CS(=O)c2ccc(F)c(F)c2)c1. The average Bonchev–Trinajstić information content (AvgIpc) is 2.31. The molecule has 6 heteroatoms. The van der Waals surface area contributed by atoms with Crippen LogP contribution in [0.4, 0.5) is 18.9 Å². The van der Waals surface area contributed by atoms with Crippen LogP contribution in [-0.2, 0) is 16.6 Å². The molecule has 0 aliphatic rings. The Morgan fingerprint density at radius 1 is 1.00 bits per heavy atom. The molecule has 2 aromatic rings. The number of rotatable bonds is 3. The van der Waals surface area contributed by atoms with Gasteiger partial charge in [-0.05, 0) is 42.0 Å². The first kappa shape index (κ1) is 13.6. The molecular weight excluding hydrogens is 275 g/mol. The summed E-state index contributed by atoms with van der Waals surface area (Å²) in [6.45, 7) is 0. The molecule has 2 rings (SSSR count). The molecule has 2 N–H and O–H groups in total. The van der Waals surface area contributed by atoms with Crippen LogP contribution in [0.2, 0.25) is 0 Å². The van der Waals surface area contributed by atoms with Gasteiger partial charge in [0.05, 0.1) is 16.6 Å². The highest BCUT2D eigenvalue weighted by Crippen LogP contribution is 2.18. The zero-order valence-corrected chi connectivity index (χ0v) is 10.5. The van der Waals surface area contributed by atoms with E-state index in [2.05, 4.69) is 0 Å². The third-order valence-corrected chi connectivity index (χ3v) is 3.81. The molecule has 0 amide bonds. The average molecular weight is 285 g/mol. The van der Waals surface area contributed by atoms with Gasteiger partial charge in [0.15, 0.2) is 11.6 Å². The second-order valence-electron chi connectivity index (χ2n) is 3.96. The first-order valence-corrected chi connectivity index (χ1v) is 6.66. The van der Waals surface area contributed by atoms with Crippen LogP contribution < -0.4 is 5.73 Å². The van der Waals surface area contributed by atoms with Gasteiger partial charge in [0.2, 0.25) is 0 Å². The Bertz CT molecular complexity index is 626. The Hall–Kier alpha value is -1.82. The fourth-order valence-corrected chi connectivity index (χ4v) is 2.70. The lowest BCUT2D eigenvalue weighted by molar-refractivity contribution is 0.505. The minimum absolute atomic E-state index is 0.0208. The van der Waals surface area contributed by atoms with Crippen LogP contribution >= 0.6 is 0 Å². The van der Waals surface area contributed by atoms with Crippen molar-refractivity contribution < 1.29 is 17.4 Å². The van der Waals surface area contributed by atoms with Crippen molar-refractivity contribution in [2.45, 2.75) is 10.6 Å². The van der Waals surface area contributed by atoms with E-state index in [-0.39, 0.29) is 16.3 Å². The monoisotopic (exact) mass is 285 g/mol. The van der Waals surface area contributed by atoms with Crippen LogP contribution in [0.1, 0.15) is 5.56 Å². The van der Waals surface area contributed by atoms with Crippen molar-refractivity contribution in [1.29, 1.82) is 0 Å². The Morgan fingerprint density at radius 2 is 1.74 bits per heavy atom. The van der Waals surface area contributed by atoms with Crippen molar-refractivity contribution in [2.75, 3.05) is 5.73 Å². The minimum atomic E-state index is -1.60. The molecule has 0 saturated heterocycles. The Balaban J connectivity index is 2.22. The smallest absolute Gasteiger partial charge is 0.160 e. The Labute approximate surface area is 110 Å².